The molecule has 1 fully saturated rings. The fourth-order valence-corrected chi connectivity index (χ4v) is 2.96. The summed E-state index contributed by atoms with van der Waals surface area (Å²) in [6.07, 6.45) is 2.74. The molecule has 0 amide bonds. The van der Waals surface area contributed by atoms with Gasteiger partial charge in [0, 0.05) is 13.1 Å². The van der Waals surface area contributed by atoms with E-state index in [2.05, 4.69) is 40.5 Å². The quantitative estimate of drug-likeness (QED) is 0.813. The number of anilines is 4. The van der Waals surface area contributed by atoms with Gasteiger partial charge in [-0.15, -0.1) is 0 Å². The molecule has 0 atom stereocenters. The minimum absolute atomic E-state index is 0.825. The van der Waals surface area contributed by atoms with Gasteiger partial charge in [-0.3, -0.25) is 0 Å². The molecule has 102 valence electrons. The van der Waals surface area contributed by atoms with Crippen molar-refractivity contribution in [2.24, 2.45) is 5.92 Å². The van der Waals surface area contributed by atoms with Gasteiger partial charge in [0.25, 0.3) is 0 Å². The second-order valence-electron chi connectivity index (χ2n) is 5.85. The molecular formula is C17H19N3. The van der Waals surface area contributed by atoms with E-state index >= 15 is 0 Å². The predicted octanol–water partition coefficient (Wildman–Crippen LogP) is 3.74. The smallest absolute Gasteiger partial charge is 0.0669 e. The number of nitrogens with zero attached hydrogens (tertiary/aromatic N) is 1. The Kier molecular flexibility index (Phi) is 2.59. The Morgan fingerprint density at radius 1 is 1.10 bits per heavy atom. The molecule has 0 unspecified atom stereocenters. The standard InChI is InChI=1S/C17H19N3/c18-14-5-3-4-13-11-20(10-12-8-9-12)16-7-2-1-6-15(16)19-17(13)14/h1-7,12,19H,8-11,18H2. The summed E-state index contributed by atoms with van der Waals surface area (Å²) in [4.78, 5) is 2.49. The number of hydrogen-bond donors (Lipinski definition) is 2. The van der Waals surface area contributed by atoms with Crippen molar-refractivity contribution in [3.8, 4) is 0 Å². The predicted molar refractivity (Wildman–Crippen MR) is 84.4 cm³/mol. The first kappa shape index (κ1) is 11.6. The topological polar surface area (TPSA) is 41.3 Å². The average molecular weight is 265 g/mol. The highest BCUT2D eigenvalue weighted by Crippen LogP contribution is 2.40. The van der Waals surface area contributed by atoms with E-state index in [1.807, 2.05) is 12.1 Å². The van der Waals surface area contributed by atoms with E-state index < -0.39 is 0 Å². The van der Waals surface area contributed by atoms with E-state index in [0.29, 0.717) is 0 Å². The molecule has 2 aliphatic rings. The first-order valence-electron chi connectivity index (χ1n) is 7.29. The molecule has 1 heterocycles. The Labute approximate surface area is 119 Å². The Hall–Kier alpha value is -2.16. The first-order chi connectivity index (χ1) is 9.81. The van der Waals surface area contributed by atoms with Gasteiger partial charge < -0.3 is 16.0 Å². The SMILES string of the molecule is Nc1cccc2c1Nc1ccccc1N(CC1CC1)C2. The number of benzene rings is 2. The van der Waals surface area contributed by atoms with Crippen molar-refractivity contribution >= 4 is 22.7 Å². The number of rotatable bonds is 2. The number of nitrogen functional groups attached to an aromatic ring is 1. The minimum atomic E-state index is 0.825. The minimum Gasteiger partial charge on any atom is -0.397 e. The highest BCUT2D eigenvalue weighted by atomic mass is 15.2. The fraction of sp³-hybridized carbons (Fsp3) is 0.294. The van der Waals surface area contributed by atoms with Crippen LogP contribution in [0.25, 0.3) is 0 Å². The maximum atomic E-state index is 6.15. The summed E-state index contributed by atoms with van der Waals surface area (Å²) in [5, 5.41) is 3.53. The average Bonchev–Trinajstić information content (AvgIpc) is 3.27. The lowest BCUT2D eigenvalue weighted by Gasteiger charge is -2.24. The number of hydrogen-bond acceptors (Lipinski definition) is 3. The Balaban J connectivity index is 1.81. The van der Waals surface area contributed by atoms with Gasteiger partial charge in [-0.1, -0.05) is 24.3 Å². The van der Waals surface area contributed by atoms with Crippen LogP contribution in [0.2, 0.25) is 0 Å². The third-order valence-corrected chi connectivity index (χ3v) is 4.22. The zero-order valence-corrected chi connectivity index (χ0v) is 11.5. The van der Waals surface area contributed by atoms with Crippen LogP contribution in [-0.2, 0) is 6.54 Å². The van der Waals surface area contributed by atoms with Crippen LogP contribution in [0.5, 0.6) is 0 Å². The van der Waals surface area contributed by atoms with Gasteiger partial charge in [0.1, 0.15) is 0 Å². The maximum absolute atomic E-state index is 6.15. The highest BCUT2D eigenvalue weighted by molar-refractivity contribution is 5.84. The maximum Gasteiger partial charge on any atom is 0.0669 e. The monoisotopic (exact) mass is 265 g/mol. The van der Waals surface area contributed by atoms with Crippen LogP contribution in [0.15, 0.2) is 42.5 Å². The van der Waals surface area contributed by atoms with E-state index in [-0.39, 0.29) is 0 Å². The molecule has 3 nitrogen and oxygen atoms in total. The lowest BCUT2D eigenvalue weighted by Crippen LogP contribution is -2.24. The fourth-order valence-electron chi connectivity index (χ4n) is 2.96. The summed E-state index contributed by atoms with van der Waals surface area (Å²) in [5.74, 6) is 0.866. The summed E-state index contributed by atoms with van der Waals surface area (Å²) >= 11 is 0. The van der Waals surface area contributed by atoms with Crippen LogP contribution in [0.4, 0.5) is 22.7 Å². The van der Waals surface area contributed by atoms with Gasteiger partial charge >= 0.3 is 0 Å². The molecule has 1 saturated carbocycles. The van der Waals surface area contributed by atoms with Crippen LogP contribution in [0.3, 0.4) is 0 Å². The van der Waals surface area contributed by atoms with Gasteiger partial charge in [0.05, 0.1) is 22.7 Å². The highest BCUT2D eigenvalue weighted by Gasteiger charge is 2.27. The zero-order valence-electron chi connectivity index (χ0n) is 11.5. The van der Waals surface area contributed by atoms with Crippen LogP contribution < -0.4 is 16.0 Å². The van der Waals surface area contributed by atoms with Crippen molar-refractivity contribution in [2.75, 3.05) is 22.5 Å². The van der Waals surface area contributed by atoms with Crippen molar-refractivity contribution in [3.05, 3.63) is 48.0 Å². The second-order valence-corrected chi connectivity index (χ2v) is 5.85. The Morgan fingerprint density at radius 3 is 2.80 bits per heavy atom. The van der Waals surface area contributed by atoms with Crippen molar-refractivity contribution in [2.45, 2.75) is 19.4 Å². The number of nitrogens with two attached hydrogens (primary N) is 1. The number of fused-ring (bicyclic) bond motifs is 2. The molecule has 0 bridgehead atoms. The van der Waals surface area contributed by atoms with E-state index in [9.17, 15) is 0 Å². The molecule has 0 aromatic heterocycles. The van der Waals surface area contributed by atoms with E-state index in [0.717, 1.165) is 36.1 Å². The molecule has 4 rings (SSSR count). The van der Waals surface area contributed by atoms with Crippen LogP contribution in [0.1, 0.15) is 18.4 Å². The van der Waals surface area contributed by atoms with Crippen molar-refractivity contribution in [1.29, 1.82) is 0 Å². The summed E-state index contributed by atoms with van der Waals surface area (Å²) in [6.45, 7) is 2.08. The van der Waals surface area contributed by atoms with Crippen molar-refractivity contribution in [1.82, 2.24) is 0 Å². The molecule has 20 heavy (non-hydrogen) atoms. The largest absolute Gasteiger partial charge is 0.397 e. The van der Waals surface area contributed by atoms with Crippen LogP contribution >= 0.6 is 0 Å². The van der Waals surface area contributed by atoms with Gasteiger partial charge in [-0.05, 0) is 42.5 Å². The van der Waals surface area contributed by atoms with Gasteiger partial charge in [-0.2, -0.15) is 0 Å². The molecule has 3 N–H and O–H groups in total. The molecule has 3 heteroatoms. The summed E-state index contributed by atoms with van der Waals surface area (Å²) < 4.78 is 0. The molecule has 0 spiro atoms. The normalized spacial score (nSPS) is 16.9. The number of para-hydroxylation sites is 3. The first-order valence-corrected chi connectivity index (χ1v) is 7.29. The third-order valence-electron chi connectivity index (χ3n) is 4.22. The second kappa shape index (κ2) is 4.44. The summed E-state index contributed by atoms with van der Waals surface area (Å²) in [5.41, 5.74) is 11.8. The third kappa shape index (κ3) is 1.99. The number of nitrogens with one attached hydrogen (secondary N) is 1. The van der Waals surface area contributed by atoms with Gasteiger partial charge in [0.15, 0.2) is 0 Å². The van der Waals surface area contributed by atoms with Crippen molar-refractivity contribution < 1.29 is 0 Å². The lowest BCUT2D eigenvalue weighted by atomic mass is 10.1. The van der Waals surface area contributed by atoms with E-state index in [4.69, 9.17) is 5.73 Å². The van der Waals surface area contributed by atoms with E-state index in [1.165, 1.54) is 24.1 Å². The molecule has 1 aliphatic heterocycles. The summed E-state index contributed by atoms with van der Waals surface area (Å²) in [7, 11) is 0. The van der Waals surface area contributed by atoms with Crippen LogP contribution in [0, 0.1) is 5.92 Å². The molecule has 2 aromatic rings. The Bertz CT molecular complexity index is 646. The lowest BCUT2D eigenvalue weighted by molar-refractivity contribution is 0.726. The van der Waals surface area contributed by atoms with Crippen molar-refractivity contribution in [3.63, 3.8) is 0 Å². The van der Waals surface area contributed by atoms with Gasteiger partial charge in [-0.25, -0.2) is 0 Å². The molecule has 0 radical (unpaired) electrons. The zero-order chi connectivity index (χ0) is 13.5. The summed E-state index contributed by atoms with van der Waals surface area (Å²) in [6, 6.07) is 14.7. The molecule has 0 saturated heterocycles. The molecule has 1 aliphatic carbocycles. The molecular weight excluding hydrogens is 246 g/mol. The van der Waals surface area contributed by atoms with Crippen LogP contribution in [-0.4, -0.2) is 6.54 Å². The molecule has 2 aromatic carbocycles. The van der Waals surface area contributed by atoms with E-state index in [1.54, 1.807) is 0 Å². The Morgan fingerprint density at radius 2 is 1.95 bits per heavy atom. The van der Waals surface area contributed by atoms with Gasteiger partial charge in [0.2, 0.25) is 0 Å².